The minimum atomic E-state index is -0.171. The number of carbonyl (C=O) groups excluding carboxylic acids is 1. The van der Waals surface area contributed by atoms with Gasteiger partial charge < -0.3 is 0 Å². The third-order valence-corrected chi connectivity index (χ3v) is 6.27. The lowest BCUT2D eigenvalue weighted by atomic mass is 10.4. The molecule has 0 saturated heterocycles. The van der Waals surface area contributed by atoms with Gasteiger partial charge in [0.1, 0.15) is 4.38 Å². The molecule has 1 aromatic rings. The predicted octanol–water partition coefficient (Wildman–Crippen LogP) is 2.81. The van der Waals surface area contributed by atoms with Gasteiger partial charge in [0, 0.05) is 5.75 Å². The normalized spacial score (nSPS) is 16.2. The van der Waals surface area contributed by atoms with Crippen LogP contribution in [0.1, 0.15) is 13.8 Å². The fourth-order valence-corrected chi connectivity index (χ4v) is 5.02. The van der Waals surface area contributed by atoms with E-state index < -0.39 is 0 Å². The number of thioether (sulfide) groups is 3. The Labute approximate surface area is 128 Å². The number of hydrogen-bond donors (Lipinski definition) is 1. The highest BCUT2D eigenvalue weighted by atomic mass is 32.2. The topological polar surface area (TPSA) is 67.2 Å². The van der Waals surface area contributed by atoms with Crippen LogP contribution >= 0.6 is 46.6 Å². The Bertz CT molecular complexity index is 476. The Morgan fingerprint density at radius 1 is 1.53 bits per heavy atom. The van der Waals surface area contributed by atoms with E-state index in [-0.39, 0.29) is 11.2 Å². The van der Waals surface area contributed by atoms with Gasteiger partial charge in [0.15, 0.2) is 4.34 Å². The van der Waals surface area contributed by atoms with Crippen molar-refractivity contribution >= 4 is 62.0 Å². The fourth-order valence-electron chi connectivity index (χ4n) is 1.24. The lowest BCUT2D eigenvalue weighted by molar-refractivity contribution is -0.115. The molecule has 1 atom stereocenters. The highest BCUT2D eigenvalue weighted by Crippen LogP contribution is 2.28. The van der Waals surface area contributed by atoms with Crippen molar-refractivity contribution in [1.29, 1.82) is 0 Å². The van der Waals surface area contributed by atoms with E-state index in [1.54, 1.807) is 23.5 Å². The molecule has 0 bridgehead atoms. The molecular formula is C10H14N4OS4. The molecule has 1 N–H and O–H groups in total. The Balaban J connectivity index is 1.84. The second-order valence-corrected chi connectivity index (χ2v) is 8.71. The Hall–Kier alpha value is -0.250. The summed E-state index contributed by atoms with van der Waals surface area (Å²) in [5.74, 6) is 1.92. The SMILES string of the molecule is CCSc1nnc(NC(=O)[C@@H](C)SC2=NCCS2)s1. The van der Waals surface area contributed by atoms with E-state index in [4.69, 9.17) is 0 Å². The summed E-state index contributed by atoms with van der Waals surface area (Å²) in [6, 6.07) is 0. The molecule has 5 nitrogen and oxygen atoms in total. The van der Waals surface area contributed by atoms with E-state index >= 15 is 0 Å². The smallest absolute Gasteiger partial charge is 0.239 e. The van der Waals surface area contributed by atoms with Crippen molar-refractivity contribution in [3.8, 4) is 0 Å². The first-order valence-electron chi connectivity index (χ1n) is 5.80. The number of nitrogens with one attached hydrogen (secondary N) is 1. The molecule has 0 aromatic carbocycles. The summed E-state index contributed by atoms with van der Waals surface area (Å²) in [6.45, 7) is 4.79. The van der Waals surface area contributed by atoms with E-state index in [9.17, 15) is 4.79 Å². The number of nitrogens with zero attached hydrogens (tertiary/aromatic N) is 3. The molecule has 1 aliphatic rings. The van der Waals surface area contributed by atoms with Crippen LogP contribution in [-0.4, -0.2) is 43.8 Å². The molecule has 9 heteroatoms. The van der Waals surface area contributed by atoms with Crippen LogP contribution in [0, 0.1) is 0 Å². The summed E-state index contributed by atoms with van der Waals surface area (Å²) < 4.78 is 1.89. The van der Waals surface area contributed by atoms with Crippen LogP contribution in [-0.2, 0) is 4.79 Å². The van der Waals surface area contributed by atoms with Crippen molar-refractivity contribution in [2.45, 2.75) is 23.4 Å². The zero-order chi connectivity index (χ0) is 13.7. The Morgan fingerprint density at radius 2 is 2.37 bits per heavy atom. The Morgan fingerprint density at radius 3 is 3.05 bits per heavy atom. The van der Waals surface area contributed by atoms with Gasteiger partial charge in [0.2, 0.25) is 11.0 Å². The zero-order valence-electron chi connectivity index (χ0n) is 10.6. The molecule has 0 unspecified atom stereocenters. The molecule has 0 spiro atoms. The first kappa shape index (κ1) is 15.1. The van der Waals surface area contributed by atoms with Crippen molar-refractivity contribution in [2.24, 2.45) is 4.99 Å². The first-order valence-corrected chi connectivity index (χ1v) is 9.47. The minimum absolute atomic E-state index is 0.0515. The number of carbonyl (C=O) groups is 1. The molecule has 2 rings (SSSR count). The Kier molecular flexibility index (Phi) is 5.99. The summed E-state index contributed by atoms with van der Waals surface area (Å²) in [6.07, 6.45) is 0. The number of rotatable bonds is 5. The van der Waals surface area contributed by atoms with Crippen LogP contribution < -0.4 is 5.32 Å². The predicted molar refractivity (Wildman–Crippen MR) is 86.7 cm³/mol. The molecule has 1 aromatic heterocycles. The van der Waals surface area contributed by atoms with Crippen LogP contribution in [0.25, 0.3) is 0 Å². The largest absolute Gasteiger partial charge is 0.300 e. The third-order valence-electron chi connectivity index (χ3n) is 2.11. The van der Waals surface area contributed by atoms with Crippen LogP contribution in [0.3, 0.4) is 0 Å². The summed E-state index contributed by atoms with van der Waals surface area (Å²) in [7, 11) is 0. The number of anilines is 1. The van der Waals surface area contributed by atoms with Crippen LogP contribution in [0.15, 0.2) is 9.33 Å². The lowest BCUT2D eigenvalue weighted by Crippen LogP contribution is -2.23. The second kappa shape index (κ2) is 7.51. The molecule has 104 valence electrons. The number of aliphatic imine (C=N–C) groups is 1. The first-order chi connectivity index (χ1) is 9.19. The summed E-state index contributed by atoms with van der Waals surface area (Å²) in [5, 5.41) is 11.2. The third kappa shape index (κ3) is 4.66. The van der Waals surface area contributed by atoms with Gasteiger partial charge in [-0.25, -0.2) is 0 Å². The van der Waals surface area contributed by atoms with E-state index in [0.29, 0.717) is 5.13 Å². The van der Waals surface area contributed by atoms with Crippen LogP contribution in [0.4, 0.5) is 5.13 Å². The standard InChI is InChI=1S/C10H14N4OS4/c1-3-16-10-14-13-8(19-10)12-7(15)6(2)18-9-11-4-5-17-9/h6H,3-5H2,1-2H3,(H,12,13,15)/t6-/m1/s1. The summed E-state index contributed by atoms with van der Waals surface area (Å²) in [4.78, 5) is 16.3. The maximum absolute atomic E-state index is 12.0. The van der Waals surface area contributed by atoms with Crippen molar-refractivity contribution in [3.05, 3.63) is 0 Å². The van der Waals surface area contributed by atoms with Gasteiger partial charge in [-0.05, 0) is 12.7 Å². The van der Waals surface area contributed by atoms with Crippen LogP contribution in [0.2, 0.25) is 0 Å². The molecule has 0 fully saturated rings. The van der Waals surface area contributed by atoms with Gasteiger partial charge in [-0.2, -0.15) is 0 Å². The minimum Gasteiger partial charge on any atom is -0.300 e. The molecule has 0 radical (unpaired) electrons. The van der Waals surface area contributed by atoms with Gasteiger partial charge in [-0.1, -0.05) is 53.5 Å². The van der Waals surface area contributed by atoms with Gasteiger partial charge in [-0.3, -0.25) is 15.1 Å². The van der Waals surface area contributed by atoms with E-state index in [1.165, 1.54) is 23.1 Å². The van der Waals surface area contributed by atoms with Crippen molar-refractivity contribution in [2.75, 3.05) is 23.4 Å². The zero-order valence-corrected chi connectivity index (χ0v) is 13.8. The summed E-state index contributed by atoms with van der Waals surface area (Å²) in [5.41, 5.74) is 0. The average molecular weight is 335 g/mol. The van der Waals surface area contributed by atoms with E-state index in [1.807, 2.05) is 6.92 Å². The van der Waals surface area contributed by atoms with Gasteiger partial charge in [-0.15, -0.1) is 10.2 Å². The number of amides is 1. The monoisotopic (exact) mass is 334 g/mol. The maximum atomic E-state index is 12.0. The highest BCUT2D eigenvalue weighted by molar-refractivity contribution is 8.39. The van der Waals surface area contributed by atoms with E-state index in [2.05, 4.69) is 27.4 Å². The molecule has 1 amide bonds. The number of hydrogen-bond acceptors (Lipinski definition) is 8. The molecular weight excluding hydrogens is 320 g/mol. The number of aromatic nitrogens is 2. The van der Waals surface area contributed by atoms with Crippen molar-refractivity contribution in [3.63, 3.8) is 0 Å². The summed E-state index contributed by atoms with van der Waals surface area (Å²) >= 11 is 6.25. The van der Waals surface area contributed by atoms with Crippen molar-refractivity contribution < 1.29 is 4.79 Å². The lowest BCUT2D eigenvalue weighted by Gasteiger charge is -2.08. The average Bonchev–Trinajstić information content (AvgIpc) is 3.02. The second-order valence-electron chi connectivity index (χ2n) is 3.55. The van der Waals surface area contributed by atoms with Gasteiger partial charge in [0.05, 0.1) is 11.8 Å². The van der Waals surface area contributed by atoms with Crippen molar-refractivity contribution in [1.82, 2.24) is 10.2 Å². The molecule has 0 aliphatic carbocycles. The molecule has 19 heavy (non-hydrogen) atoms. The maximum Gasteiger partial charge on any atom is 0.239 e. The highest BCUT2D eigenvalue weighted by Gasteiger charge is 2.20. The van der Waals surface area contributed by atoms with Gasteiger partial charge in [0.25, 0.3) is 0 Å². The van der Waals surface area contributed by atoms with Gasteiger partial charge >= 0.3 is 0 Å². The quantitative estimate of drug-likeness (QED) is 0.660. The molecule has 1 aliphatic heterocycles. The fraction of sp³-hybridized carbons (Fsp3) is 0.600. The molecule has 2 heterocycles. The molecule has 0 saturated carbocycles. The van der Waals surface area contributed by atoms with E-state index in [0.717, 1.165) is 26.8 Å². The van der Waals surface area contributed by atoms with Crippen LogP contribution in [0.5, 0.6) is 0 Å².